The van der Waals surface area contributed by atoms with Crippen molar-refractivity contribution in [3.63, 3.8) is 0 Å². The standard InChI is InChI=1S/C10H17N5/c1-8-7-12-10(11)13-9(8)14-15-5-3-2-4-6-15/h7H,2-6H2,1H3,(H3,11,12,13,14). The van der Waals surface area contributed by atoms with Crippen molar-refractivity contribution in [1.82, 2.24) is 15.0 Å². The number of nitrogens with zero attached hydrogens (tertiary/aromatic N) is 3. The van der Waals surface area contributed by atoms with Crippen LogP contribution in [-0.2, 0) is 0 Å². The van der Waals surface area contributed by atoms with Gasteiger partial charge in [-0.3, -0.25) is 0 Å². The maximum Gasteiger partial charge on any atom is 0.221 e. The number of piperidine rings is 1. The Bertz CT molecular complexity index is 333. The zero-order chi connectivity index (χ0) is 10.7. The van der Waals surface area contributed by atoms with Crippen LogP contribution in [0.15, 0.2) is 6.20 Å². The Balaban J connectivity index is 2.05. The van der Waals surface area contributed by atoms with Gasteiger partial charge in [0.1, 0.15) is 5.82 Å². The topological polar surface area (TPSA) is 67.1 Å². The molecular formula is C10H17N5. The largest absolute Gasteiger partial charge is 0.368 e. The van der Waals surface area contributed by atoms with E-state index in [9.17, 15) is 0 Å². The Labute approximate surface area is 89.7 Å². The van der Waals surface area contributed by atoms with Gasteiger partial charge in [0, 0.05) is 24.8 Å². The van der Waals surface area contributed by atoms with Crippen LogP contribution in [0.3, 0.4) is 0 Å². The Morgan fingerprint density at radius 1 is 1.33 bits per heavy atom. The molecule has 82 valence electrons. The molecule has 1 aliphatic heterocycles. The molecule has 2 rings (SSSR count). The summed E-state index contributed by atoms with van der Waals surface area (Å²) < 4.78 is 0. The SMILES string of the molecule is Cc1cnc(N)nc1NN1CCCCC1. The van der Waals surface area contributed by atoms with Crippen LogP contribution in [-0.4, -0.2) is 28.1 Å². The van der Waals surface area contributed by atoms with Crippen molar-refractivity contribution in [1.29, 1.82) is 0 Å². The molecule has 0 unspecified atom stereocenters. The van der Waals surface area contributed by atoms with Crippen LogP contribution >= 0.6 is 0 Å². The third kappa shape index (κ3) is 2.56. The lowest BCUT2D eigenvalue weighted by Gasteiger charge is -2.27. The van der Waals surface area contributed by atoms with Gasteiger partial charge in [-0.25, -0.2) is 9.99 Å². The highest BCUT2D eigenvalue weighted by atomic mass is 15.5. The van der Waals surface area contributed by atoms with E-state index in [1.165, 1.54) is 19.3 Å². The number of rotatable bonds is 2. The van der Waals surface area contributed by atoms with Crippen LogP contribution in [0.1, 0.15) is 24.8 Å². The molecule has 1 fully saturated rings. The number of hydrogen-bond acceptors (Lipinski definition) is 5. The molecule has 0 atom stereocenters. The average Bonchev–Trinajstić information content (AvgIpc) is 2.25. The normalized spacial score (nSPS) is 17.7. The first-order valence-corrected chi connectivity index (χ1v) is 5.36. The Morgan fingerprint density at radius 2 is 2.07 bits per heavy atom. The van der Waals surface area contributed by atoms with Gasteiger partial charge < -0.3 is 11.2 Å². The second-order valence-corrected chi connectivity index (χ2v) is 3.92. The molecule has 0 spiro atoms. The second-order valence-electron chi connectivity index (χ2n) is 3.92. The van der Waals surface area contributed by atoms with Crippen LogP contribution in [0.4, 0.5) is 11.8 Å². The van der Waals surface area contributed by atoms with Crippen molar-refractivity contribution in [3.05, 3.63) is 11.8 Å². The molecule has 3 N–H and O–H groups in total. The lowest BCUT2D eigenvalue weighted by molar-refractivity contribution is 0.272. The molecule has 15 heavy (non-hydrogen) atoms. The first-order chi connectivity index (χ1) is 7.25. The van der Waals surface area contributed by atoms with Crippen molar-refractivity contribution in [2.45, 2.75) is 26.2 Å². The molecular weight excluding hydrogens is 190 g/mol. The lowest BCUT2D eigenvalue weighted by atomic mass is 10.2. The number of nitrogens with two attached hydrogens (primary N) is 1. The van der Waals surface area contributed by atoms with Crippen molar-refractivity contribution in [3.8, 4) is 0 Å². The van der Waals surface area contributed by atoms with Gasteiger partial charge in [-0.05, 0) is 19.8 Å². The van der Waals surface area contributed by atoms with Gasteiger partial charge in [-0.2, -0.15) is 4.98 Å². The van der Waals surface area contributed by atoms with Crippen LogP contribution in [0.5, 0.6) is 0 Å². The third-order valence-corrected chi connectivity index (χ3v) is 2.61. The van der Waals surface area contributed by atoms with E-state index in [0.717, 1.165) is 24.5 Å². The highest BCUT2D eigenvalue weighted by molar-refractivity contribution is 5.44. The lowest BCUT2D eigenvalue weighted by Crippen LogP contribution is -2.35. The summed E-state index contributed by atoms with van der Waals surface area (Å²) in [6.45, 7) is 4.12. The van der Waals surface area contributed by atoms with Crippen LogP contribution in [0.25, 0.3) is 0 Å². The quantitative estimate of drug-likeness (QED) is 0.762. The Morgan fingerprint density at radius 3 is 2.80 bits per heavy atom. The molecule has 5 heteroatoms. The number of aryl methyl sites for hydroxylation is 1. The van der Waals surface area contributed by atoms with Gasteiger partial charge in [0.15, 0.2) is 0 Å². The first kappa shape index (κ1) is 10.2. The molecule has 5 nitrogen and oxygen atoms in total. The molecule has 1 aliphatic rings. The number of hydrogen-bond donors (Lipinski definition) is 2. The summed E-state index contributed by atoms with van der Waals surface area (Å²) in [5.74, 6) is 1.14. The zero-order valence-electron chi connectivity index (χ0n) is 9.03. The Kier molecular flexibility index (Phi) is 3.01. The smallest absolute Gasteiger partial charge is 0.221 e. The minimum atomic E-state index is 0.320. The maximum absolute atomic E-state index is 5.55. The molecule has 1 saturated heterocycles. The van der Waals surface area contributed by atoms with E-state index in [4.69, 9.17) is 5.73 Å². The number of hydrazine groups is 1. The van der Waals surface area contributed by atoms with Crippen LogP contribution < -0.4 is 11.2 Å². The monoisotopic (exact) mass is 207 g/mol. The Hall–Kier alpha value is -1.36. The highest BCUT2D eigenvalue weighted by Crippen LogP contribution is 2.14. The van der Waals surface area contributed by atoms with E-state index in [0.29, 0.717) is 5.95 Å². The molecule has 0 aromatic carbocycles. The van der Waals surface area contributed by atoms with E-state index < -0.39 is 0 Å². The molecule has 0 bridgehead atoms. The predicted molar refractivity (Wildman–Crippen MR) is 60.2 cm³/mol. The third-order valence-electron chi connectivity index (χ3n) is 2.61. The van der Waals surface area contributed by atoms with Gasteiger partial charge in [0.2, 0.25) is 5.95 Å². The minimum Gasteiger partial charge on any atom is -0.368 e. The number of aromatic nitrogens is 2. The summed E-state index contributed by atoms with van der Waals surface area (Å²) in [5.41, 5.74) is 9.87. The summed E-state index contributed by atoms with van der Waals surface area (Å²) >= 11 is 0. The molecule has 1 aromatic rings. The van der Waals surface area contributed by atoms with E-state index in [-0.39, 0.29) is 0 Å². The van der Waals surface area contributed by atoms with Crippen LogP contribution in [0.2, 0.25) is 0 Å². The van der Waals surface area contributed by atoms with Gasteiger partial charge >= 0.3 is 0 Å². The summed E-state index contributed by atoms with van der Waals surface area (Å²) in [4.78, 5) is 8.12. The molecule has 0 radical (unpaired) electrons. The van der Waals surface area contributed by atoms with E-state index in [2.05, 4.69) is 20.4 Å². The minimum absolute atomic E-state index is 0.320. The number of anilines is 2. The highest BCUT2D eigenvalue weighted by Gasteiger charge is 2.11. The molecule has 0 amide bonds. The zero-order valence-corrected chi connectivity index (χ0v) is 9.03. The molecule has 0 aliphatic carbocycles. The van der Waals surface area contributed by atoms with E-state index in [1.807, 2.05) is 6.92 Å². The molecule has 1 aromatic heterocycles. The van der Waals surface area contributed by atoms with Crippen LogP contribution in [0, 0.1) is 6.92 Å². The van der Waals surface area contributed by atoms with Crippen molar-refractivity contribution < 1.29 is 0 Å². The van der Waals surface area contributed by atoms with Crippen molar-refractivity contribution >= 4 is 11.8 Å². The average molecular weight is 207 g/mol. The molecule has 2 heterocycles. The summed E-state index contributed by atoms with van der Waals surface area (Å²) in [6.07, 6.45) is 5.55. The summed E-state index contributed by atoms with van der Waals surface area (Å²) in [5, 5.41) is 2.19. The maximum atomic E-state index is 5.55. The first-order valence-electron chi connectivity index (χ1n) is 5.36. The van der Waals surface area contributed by atoms with Gasteiger partial charge in [-0.1, -0.05) is 6.42 Å². The van der Waals surface area contributed by atoms with E-state index >= 15 is 0 Å². The van der Waals surface area contributed by atoms with Gasteiger partial charge in [-0.15, -0.1) is 0 Å². The number of nitrogens with one attached hydrogen (secondary N) is 1. The fourth-order valence-electron chi connectivity index (χ4n) is 1.72. The summed E-state index contributed by atoms with van der Waals surface area (Å²) in [6, 6.07) is 0. The fraction of sp³-hybridized carbons (Fsp3) is 0.600. The fourth-order valence-corrected chi connectivity index (χ4v) is 1.72. The predicted octanol–water partition coefficient (Wildman–Crippen LogP) is 1.18. The number of nitrogen functional groups attached to an aromatic ring is 1. The van der Waals surface area contributed by atoms with Gasteiger partial charge in [0.05, 0.1) is 0 Å². The second kappa shape index (κ2) is 4.44. The van der Waals surface area contributed by atoms with Crippen molar-refractivity contribution in [2.24, 2.45) is 0 Å². The summed E-state index contributed by atoms with van der Waals surface area (Å²) in [7, 11) is 0. The van der Waals surface area contributed by atoms with Gasteiger partial charge in [0.25, 0.3) is 0 Å². The molecule has 0 saturated carbocycles. The van der Waals surface area contributed by atoms with Crippen molar-refractivity contribution in [2.75, 3.05) is 24.2 Å². The van der Waals surface area contributed by atoms with E-state index in [1.54, 1.807) is 6.20 Å².